The van der Waals surface area contributed by atoms with Crippen LogP contribution in [0.1, 0.15) is 39.0 Å². The Hall–Kier alpha value is -0.660. The summed E-state index contributed by atoms with van der Waals surface area (Å²) >= 11 is 2.99. The highest BCUT2D eigenvalue weighted by molar-refractivity contribution is 9.10. The molecule has 1 aliphatic rings. The minimum Gasteiger partial charge on any atom is -0.398 e. The van der Waals surface area contributed by atoms with E-state index in [1.54, 1.807) is 0 Å². The number of nitrogen functional groups attached to an aromatic ring is 1. The van der Waals surface area contributed by atoms with Gasteiger partial charge < -0.3 is 5.73 Å². The Kier molecular flexibility index (Phi) is 4.41. The number of halogens is 2. The maximum Gasteiger partial charge on any atom is 0.243 e. The van der Waals surface area contributed by atoms with Gasteiger partial charge in [-0.15, -0.1) is 0 Å². The fraction of sp³-hybridized carbons (Fsp3) is 0.538. The standard InChI is InChI=1S/C13H18BrFN2O2S/c1-13(5-3-2-4-6-13)17-20(18,19)12-7-9(14)10(15)8-11(12)16/h7-8,17H,2-6,16H2,1H3. The van der Waals surface area contributed by atoms with Crippen molar-refractivity contribution in [3.63, 3.8) is 0 Å². The van der Waals surface area contributed by atoms with Crippen molar-refractivity contribution in [2.75, 3.05) is 5.73 Å². The van der Waals surface area contributed by atoms with Crippen molar-refractivity contribution < 1.29 is 12.8 Å². The molecule has 1 aromatic carbocycles. The number of anilines is 1. The zero-order valence-corrected chi connectivity index (χ0v) is 13.7. The lowest BCUT2D eigenvalue weighted by Gasteiger charge is -2.34. The van der Waals surface area contributed by atoms with Crippen molar-refractivity contribution in [3.05, 3.63) is 22.4 Å². The first-order valence-corrected chi connectivity index (χ1v) is 8.80. The van der Waals surface area contributed by atoms with Gasteiger partial charge in [-0.25, -0.2) is 17.5 Å². The number of rotatable bonds is 3. The van der Waals surface area contributed by atoms with Gasteiger partial charge in [-0.1, -0.05) is 19.3 Å². The first-order valence-electron chi connectivity index (χ1n) is 6.52. The summed E-state index contributed by atoms with van der Waals surface area (Å²) in [7, 11) is -3.76. The monoisotopic (exact) mass is 364 g/mol. The van der Waals surface area contributed by atoms with E-state index < -0.39 is 21.4 Å². The molecule has 20 heavy (non-hydrogen) atoms. The van der Waals surface area contributed by atoms with Crippen LogP contribution in [0.4, 0.5) is 10.1 Å². The van der Waals surface area contributed by atoms with E-state index in [4.69, 9.17) is 5.73 Å². The molecule has 1 aromatic rings. The molecule has 112 valence electrons. The zero-order chi connectivity index (χ0) is 15.0. The lowest BCUT2D eigenvalue weighted by molar-refractivity contribution is 0.294. The Balaban J connectivity index is 2.33. The lowest BCUT2D eigenvalue weighted by atomic mass is 9.84. The van der Waals surface area contributed by atoms with Gasteiger partial charge in [0.05, 0.1) is 10.2 Å². The molecule has 0 atom stereocenters. The summed E-state index contributed by atoms with van der Waals surface area (Å²) in [5, 5.41) is 0. The van der Waals surface area contributed by atoms with Gasteiger partial charge in [0.25, 0.3) is 0 Å². The molecule has 0 unspecified atom stereocenters. The zero-order valence-electron chi connectivity index (χ0n) is 11.2. The number of hydrogen-bond donors (Lipinski definition) is 2. The second-order valence-corrected chi connectivity index (χ2v) is 8.04. The third kappa shape index (κ3) is 3.32. The predicted octanol–water partition coefficient (Wildman–Crippen LogP) is 3.17. The van der Waals surface area contributed by atoms with Crippen LogP contribution < -0.4 is 10.5 Å². The molecule has 0 radical (unpaired) electrons. The summed E-state index contributed by atoms with van der Waals surface area (Å²) in [5.41, 5.74) is 5.11. The Labute approximate surface area is 127 Å². The average molecular weight is 365 g/mol. The molecule has 1 fully saturated rings. The van der Waals surface area contributed by atoms with Gasteiger partial charge >= 0.3 is 0 Å². The van der Waals surface area contributed by atoms with Gasteiger partial charge in [0.15, 0.2) is 0 Å². The van der Waals surface area contributed by atoms with Gasteiger partial charge in [0.2, 0.25) is 10.0 Å². The highest BCUT2D eigenvalue weighted by Gasteiger charge is 2.33. The van der Waals surface area contributed by atoms with Gasteiger partial charge in [0, 0.05) is 5.54 Å². The van der Waals surface area contributed by atoms with E-state index >= 15 is 0 Å². The maximum absolute atomic E-state index is 13.3. The smallest absolute Gasteiger partial charge is 0.243 e. The first-order chi connectivity index (χ1) is 9.23. The van der Waals surface area contributed by atoms with E-state index in [-0.39, 0.29) is 15.1 Å². The molecule has 1 saturated carbocycles. The van der Waals surface area contributed by atoms with E-state index in [9.17, 15) is 12.8 Å². The maximum atomic E-state index is 13.3. The normalized spacial score (nSPS) is 18.9. The van der Waals surface area contributed by atoms with E-state index in [0.29, 0.717) is 0 Å². The minimum atomic E-state index is -3.76. The van der Waals surface area contributed by atoms with Gasteiger partial charge in [-0.3, -0.25) is 0 Å². The fourth-order valence-electron chi connectivity index (χ4n) is 2.59. The van der Waals surface area contributed by atoms with Crippen LogP contribution in [0.15, 0.2) is 21.5 Å². The second kappa shape index (κ2) is 5.61. The van der Waals surface area contributed by atoms with Crippen LogP contribution >= 0.6 is 15.9 Å². The van der Waals surface area contributed by atoms with Crippen molar-refractivity contribution in [3.8, 4) is 0 Å². The molecule has 4 nitrogen and oxygen atoms in total. The van der Waals surface area contributed by atoms with Crippen LogP contribution in [0, 0.1) is 5.82 Å². The summed E-state index contributed by atoms with van der Waals surface area (Å²) < 4.78 is 41.1. The second-order valence-electron chi connectivity index (χ2n) is 5.53. The molecular formula is C13H18BrFN2O2S. The molecule has 2 rings (SSSR count). The van der Waals surface area contributed by atoms with Crippen LogP contribution in [0.25, 0.3) is 0 Å². The van der Waals surface area contributed by atoms with Crippen LogP contribution in [0.2, 0.25) is 0 Å². The van der Waals surface area contributed by atoms with E-state index in [1.165, 1.54) is 6.07 Å². The largest absolute Gasteiger partial charge is 0.398 e. The van der Waals surface area contributed by atoms with Crippen molar-refractivity contribution in [1.29, 1.82) is 0 Å². The summed E-state index contributed by atoms with van der Waals surface area (Å²) in [6, 6.07) is 2.22. The third-order valence-corrected chi connectivity index (χ3v) is 5.98. The Bertz CT molecular complexity index is 613. The molecule has 0 amide bonds. The van der Waals surface area contributed by atoms with Crippen molar-refractivity contribution in [1.82, 2.24) is 4.72 Å². The summed E-state index contributed by atoms with van der Waals surface area (Å²) in [6.07, 6.45) is 4.73. The van der Waals surface area contributed by atoms with Crippen molar-refractivity contribution in [2.45, 2.75) is 49.5 Å². The van der Waals surface area contributed by atoms with Crippen LogP contribution in [-0.4, -0.2) is 14.0 Å². The molecule has 0 bridgehead atoms. The highest BCUT2D eigenvalue weighted by Crippen LogP contribution is 2.31. The van der Waals surface area contributed by atoms with Crippen molar-refractivity contribution >= 4 is 31.6 Å². The number of hydrogen-bond acceptors (Lipinski definition) is 3. The third-order valence-electron chi connectivity index (χ3n) is 3.68. The summed E-state index contributed by atoms with van der Waals surface area (Å²) in [4.78, 5) is -0.0856. The Morgan fingerprint density at radius 3 is 2.50 bits per heavy atom. The fourth-order valence-corrected chi connectivity index (χ4v) is 4.69. The number of benzene rings is 1. The number of nitrogens with one attached hydrogen (secondary N) is 1. The Morgan fingerprint density at radius 1 is 1.30 bits per heavy atom. The average Bonchev–Trinajstić information content (AvgIpc) is 2.33. The molecule has 3 N–H and O–H groups in total. The minimum absolute atomic E-state index is 0.0841. The molecular weight excluding hydrogens is 347 g/mol. The molecule has 1 aliphatic carbocycles. The Morgan fingerprint density at radius 2 is 1.90 bits per heavy atom. The highest BCUT2D eigenvalue weighted by atomic mass is 79.9. The first kappa shape index (κ1) is 15.7. The summed E-state index contributed by atoms with van der Waals surface area (Å²) in [6.45, 7) is 1.90. The molecule has 0 spiro atoms. The van der Waals surface area contributed by atoms with Gasteiger partial charge in [-0.05, 0) is 47.8 Å². The molecule has 0 aliphatic heterocycles. The van der Waals surface area contributed by atoms with Crippen molar-refractivity contribution in [2.24, 2.45) is 0 Å². The quantitative estimate of drug-likeness (QED) is 0.809. The molecule has 0 heterocycles. The molecule has 7 heteroatoms. The van der Waals surface area contributed by atoms with Crippen LogP contribution in [0.3, 0.4) is 0 Å². The van der Waals surface area contributed by atoms with Gasteiger partial charge in [-0.2, -0.15) is 0 Å². The van der Waals surface area contributed by atoms with Gasteiger partial charge in [0.1, 0.15) is 10.7 Å². The van der Waals surface area contributed by atoms with Crippen LogP contribution in [0.5, 0.6) is 0 Å². The molecule has 0 aromatic heterocycles. The number of sulfonamides is 1. The SMILES string of the molecule is CC1(NS(=O)(=O)c2cc(Br)c(F)cc2N)CCCCC1. The van der Waals surface area contributed by atoms with E-state index in [0.717, 1.165) is 38.2 Å². The topological polar surface area (TPSA) is 72.2 Å². The predicted molar refractivity (Wildman–Crippen MR) is 80.3 cm³/mol. The summed E-state index contributed by atoms with van der Waals surface area (Å²) in [5.74, 6) is -0.578. The number of nitrogens with two attached hydrogens (primary N) is 1. The van der Waals surface area contributed by atoms with Crippen LogP contribution in [-0.2, 0) is 10.0 Å². The molecule has 0 saturated heterocycles. The van der Waals surface area contributed by atoms with E-state index in [2.05, 4.69) is 20.7 Å². The van der Waals surface area contributed by atoms with E-state index in [1.807, 2.05) is 6.92 Å². The lowest BCUT2D eigenvalue weighted by Crippen LogP contribution is -2.47.